The van der Waals surface area contributed by atoms with Crippen LogP contribution < -0.4 is 10.6 Å². The van der Waals surface area contributed by atoms with Crippen molar-refractivity contribution in [2.45, 2.75) is 48.8 Å². The third-order valence-corrected chi connectivity index (χ3v) is 7.94. The maximum atomic E-state index is 12.5. The minimum Gasteiger partial charge on any atom is -0.354 e. The molecule has 26 heavy (non-hydrogen) atoms. The van der Waals surface area contributed by atoms with Crippen molar-refractivity contribution in [2.75, 3.05) is 20.1 Å². The molecule has 2 amide bonds. The van der Waals surface area contributed by atoms with Crippen LogP contribution in [0.5, 0.6) is 0 Å². The lowest BCUT2D eigenvalue weighted by Gasteiger charge is -2.36. The Kier molecular flexibility index (Phi) is 7.06. The van der Waals surface area contributed by atoms with E-state index in [2.05, 4.69) is 10.6 Å². The normalized spacial score (nSPS) is 17.1. The summed E-state index contributed by atoms with van der Waals surface area (Å²) in [5.74, 6) is -0.699. The Balaban J connectivity index is 2.09. The van der Waals surface area contributed by atoms with E-state index in [1.807, 2.05) is 6.92 Å². The summed E-state index contributed by atoms with van der Waals surface area (Å²) < 4.78 is 26.4. The molecule has 0 saturated heterocycles. The standard InChI is InChI=1S/C16H24ClN3O4S2/c1-3-18-15(22)16(9-5-4-6-10-16)19-13(21)11-20(2)26(23,24)14-8-7-12(17)25-14/h7-8H,3-6,9-11H2,1-2H3,(H,18,22)(H,19,21). The van der Waals surface area contributed by atoms with Crippen LogP contribution in [0.15, 0.2) is 16.3 Å². The average Bonchev–Trinajstić information content (AvgIpc) is 3.03. The number of thiophene rings is 1. The molecule has 10 heteroatoms. The zero-order chi connectivity index (χ0) is 19.4. The molecule has 1 heterocycles. The molecule has 1 aliphatic carbocycles. The number of hydrogen-bond donors (Lipinski definition) is 2. The molecule has 0 aromatic carbocycles. The summed E-state index contributed by atoms with van der Waals surface area (Å²) in [6, 6.07) is 2.91. The molecule has 0 aliphatic heterocycles. The van der Waals surface area contributed by atoms with Crippen LogP contribution in [0.25, 0.3) is 0 Å². The van der Waals surface area contributed by atoms with Gasteiger partial charge in [0.05, 0.1) is 10.9 Å². The number of carbonyl (C=O) groups excluding carboxylic acids is 2. The van der Waals surface area contributed by atoms with E-state index in [9.17, 15) is 18.0 Å². The van der Waals surface area contributed by atoms with Gasteiger partial charge in [0.15, 0.2) is 0 Å². The van der Waals surface area contributed by atoms with E-state index < -0.39 is 21.5 Å². The summed E-state index contributed by atoms with van der Waals surface area (Å²) in [6.45, 7) is 1.94. The number of halogens is 1. The number of nitrogens with one attached hydrogen (secondary N) is 2. The summed E-state index contributed by atoms with van der Waals surface area (Å²) in [4.78, 5) is 25.0. The first-order valence-electron chi connectivity index (χ1n) is 8.52. The SMILES string of the molecule is CCNC(=O)C1(NC(=O)CN(C)S(=O)(=O)c2ccc(Cl)s2)CCCCC1. The first-order valence-corrected chi connectivity index (χ1v) is 11.2. The van der Waals surface area contributed by atoms with Crippen molar-refractivity contribution in [3.05, 3.63) is 16.5 Å². The molecule has 0 bridgehead atoms. The smallest absolute Gasteiger partial charge is 0.252 e. The second-order valence-electron chi connectivity index (χ2n) is 6.37. The number of hydrogen-bond acceptors (Lipinski definition) is 5. The minimum atomic E-state index is -3.80. The highest BCUT2D eigenvalue weighted by Gasteiger charge is 2.41. The Morgan fingerprint density at radius 3 is 2.46 bits per heavy atom. The summed E-state index contributed by atoms with van der Waals surface area (Å²) in [7, 11) is -2.46. The van der Waals surface area contributed by atoms with E-state index in [4.69, 9.17) is 11.6 Å². The van der Waals surface area contributed by atoms with Crippen LogP contribution in [0, 0.1) is 0 Å². The molecule has 1 aromatic rings. The highest BCUT2D eigenvalue weighted by Crippen LogP contribution is 2.29. The molecule has 7 nitrogen and oxygen atoms in total. The van der Waals surface area contributed by atoms with Crippen LogP contribution in [0.4, 0.5) is 0 Å². The van der Waals surface area contributed by atoms with Gasteiger partial charge in [0, 0.05) is 13.6 Å². The van der Waals surface area contributed by atoms with Gasteiger partial charge < -0.3 is 10.6 Å². The maximum Gasteiger partial charge on any atom is 0.252 e. The van der Waals surface area contributed by atoms with Gasteiger partial charge in [-0.3, -0.25) is 9.59 Å². The molecule has 0 radical (unpaired) electrons. The Bertz CT molecular complexity index is 757. The lowest BCUT2D eigenvalue weighted by atomic mass is 9.80. The molecule has 1 fully saturated rings. The average molecular weight is 422 g/mol. The molecule has 0 spiro atoms. The Labute approximate surface area is 163 Å². The van der Waals surface area contributed by atoms with Crippen molar-refractivity contribution in [1.82, 2.24) is 14.9 Å². The molecule has 1 saturated carbocycles. The van der Waals surface area contributed by atoms with Crippen LogP contribution in [-0.2, 0) is 19.6 Å². The fourth-order valence-electron chi connectivity index (χ4n) is 3.08. The van der Waals surface area contributed by atoms with E-state index in [1.54, 1.807) is 0 Å². The van der Waals surface area contributed by atoms with Crippen molar-refractivity contribution < 1.29 is 18.0 Å². The molecule has 0 unspecified atom stereocenters. The number of carbonyl (C=O) groups is 2. The number of nitrogens with zero attached hydrogens (tertiary/aromatic N) is 1. The van der Waals surface area contributed by atoms with Gasteiger partial charge in [-0.15, -0.1) is 11.3 Å². The third-order valence-electron chi connectivity index (χ3n) is 4.44. The Morgan fingerprint density at radius 2 is 1.92 bits per heavy atom. The quantitative estimate of drug-likeness (QED) is 0.703. The number of sulfonamides is 1. The lowest BCUT2D eigenvalue weighted by Crippen LogP contribution is -2.61. The first kappa shape index (κ1) is 21.1. The van der Waals surface area contributed by atoms with Crippen molar-refractivity contribution in [3.63, 3.8) is 0 Å². The molecule has 1 aromatic heterocycles. The van der Waals surface area contributed by atoms with Gasteiger partial charge in [-0.25, -0.2) is 8.42 Å². The highest BCUT2D eigenvalue weighted by atomic mass is 35.5. The second-order valence-corrected chi connectivity index (χ2v) is 10.4. The number of likely N-dealkylation sites (N-methyl/N-ethyl adjacent to an activating group) is 2. The van der Waals surface area contributed by atoms with Crippen molar-refractivity contribution in [3.8, 4) is 0 Å². The number of amides is 2. The molecular weight excluding hydrogens is 398 g/mol. The summed E-state index contributed by atoms with van der Waals surface area (Å²) in [5, 5.41) is 5.57. The minimum absolute atomic E-state index is 0.0777. The second kappa shape index (κ2) is 8.69. The monoisotopic (exact) mass is 421 g/mol. The highest BCUT2D eigenvalue weighted by molar-refractivity contribution is 7.91. The van der Waals surface area contributed by atoms with E-state index in [1.165, 1.54) is 19.2 Å². The Morgan fingerprint density at radius 1 is 1.27 bits per heavy atom. The van der Waals surface area contributed by atoms with Gasteiger partial charge in [-0.2, -0.15) is 4.31 Å². The first-order chi connectivity index (χ1) is 12.2. The zero-order valence-electron chi connectivity index (χ0n) is 14.9. The van der Waals surface area contributed by atoms with Gasteiger partial charge >= 0.3 is 0 Å². The van der Waals surface area contributed by atoms with E-state index in [0.717, 1.165) is 34.9 Å². The fourth-order valence-corrected chi connectivity index (χ4v) is 5.90. The van der Waals surface area contributed by atoms with Crippen LogP contribution in [-0.4, -0.2) is 50.2 Å². The Hall–Kier alpha value is -1.16. The summed E-state index contributed by atoms with van der Waals surface area (Å²) in [5.41, 5.74) is -0.956. The topological polar surface area (TPSA) is 95.6 Å². The zero-order valence-corrected chi connectivity index (χ0v) is 17.3. The molecule has 2 N–H and O–H groups in total. The fraction of sp³-hybridized carbons (Fsp3) is 0.625. The predicted molar refractivity (Wildman–Crippen MR) is 102 cm³/mol. The van der Waals surface area contributed by atoms with Crippen molar-refractivity contribution in [2.24, 2.45) is 0 Å². The van der Waals surface area contributed by atoms with Gasteiger partial charge in [-0.1, -0.05) is 30.9 Å². The largest absolute Gasteiger partial charge is 0.354 e. The summed E-state index contributed by atoms with van der Waals surface area (Å²) >= 11 is 6.74. The van der Waals surface area contributed by atoms with Gasteiger partial charge in [0.1, 0.15) is 9.75 Å². The molecule has 2 rings (SSSR count). The molecule has 1 aliphatic rings. The van der Waals surface area contributed by atoms with E-state index >= 15 is 0 Å². The number of rotatable bonds is 7. The van der Waals surface area contributed by atoms with Crippen LogP contribution in [0.3, 0.4) is 0 Å². The lowest BCUT2D eigenvalue weighted by molar-refractivity contribution is -0.135. The van der Waals surface area contributed by atoms with Crippen LogP contribution in [0.2, 0.25) is 4.34 Å². The van der Waals surface area contributed by atoms with E-state index in [-0.39, 0.29) is 16.7 Å². The predicted octanol–water partition coefficient (Wildman–Crippen LogP) is 1.98. The summed E-state index contributed by atoms with van der Waals surface area (Å²) in [6.07, 6.45) is 3.83. The molecule has 0 atom stereocenters. The van der Waals surface area contributed by atoms with Crippen LogP contribution >= 0.6 is 22.9 Å². The molecule has 146 valence electrons. The molecular formula is C16H24ClN3O4S2. The van der Waals surface area contributed by atoms with Gasteiger partial charge in [0.25, 0.3) is 10.0 Å². The van der Waals surface area contributed by atoms with Gasteiger partial charge in [-0.05, 0) is 31.9 Å². The maximum absolute atomic E-state index is 12.5. The van der Waals surface area contributed by atoms with Gasteiger partial charge in [0.2, 0.25) is 11.8 Å². The van der Waals surface area contributed by atoms with Crippen LogP contribution in [0.1, 0.15) is 39.0 Å². The third kappa shape index (κ3) is 4.76. The van der Waals surface area contributed by atoms with Crippen molar-refractivity contribution in [1.29, 1.82) is 0 Å². The van der Waals surface area contributed by atoms with Crippen molar-refractivity contribution >= 4 is 44.8 Å². The van der Waals surface area contributed by atoms with E-state index in [0.29, 0.717) is 23.7 Å².